The number of benzene rings is 8. The molecule has 4 aromatic heterocycles. The van der Waals surface area contributed by atoms with Gasteiger partial charge in [-0.2, -0.15) is 62.2 Å². The lowest BCUT2D eigenvalue weighted by Gasteiger charge is -2.58. The number of hydrogen-bond acceptors (Lipinski definition) is 0. The summed E-state index contributed by atoms with van der Waals surface area (Å²) in [5.41, 5.74) is 32.9. The SMILES string of the molecule is CCC1(CC)CCC(c2cc(-c3cc(C)cc(C)c3C)[n+](C)c3ccccc23)CC1.Cc1cc(C)c(C)c(-c2cc(C3CCC4(CC3)C(F)(F)C(F)(F)C(F)(F)C(F)(F)C4(F)F)c3ccccc3[n+]2C)c1.Cc1cc(C)c(C)c(-c2cc(C3CCC4(CCCC4)CC3)c3ccccc3[n+]2C)c1.Cc1cc(C)c(C)c(-c2cc(C3CCC4(CCCCC4)CC3)c3ccccc3[n+]2C)c1. The molecule has 7 saturated carbocycles. The highest BCUT2D eigenvalue weighted by molar-refractivity contribution is 5.87. The van der Waals surface area contributed by atoms with Gasteiger partial charge in [-0.15, -0.1) is 0 Å². The lowest BCUT2D eigenvalue weighted by molar-refractivity contribution is -0.633. The maximum atomic E-state index is 15.1. The van der Waals surface area contributed by atoms with Gasteiger partial charge < -0.3 is 0 Å². The summed E-state index contributed by atoms with van der Waals surface area (Å²) in [5, 5.41) is 5.00. The van der Waals surface area contributed by atoms with E-state index in [-0.39, 0.29) is 0 Å². The molecule has 0 bridgehead atoms. The largest absolute Gasteiger partial charge is 0.384 e. The van der Waals surface area contributed by atoms with E-state index in [0.29, 0.717) is 56.2 Å². The van der Waals surface area contributed by atoms with Crippen molar-refractivity contribution in [1.82, 2.24) is 0 Å². The highest BCUT2D eigenvalue weighted by Gasteiger charge is 2.99. The molecule has 7 aliphatic carbocycles. The maximum absolute atomic E-state index is 15.1. The number of rotatable bonds is 10. The molecule has 132 heavy (non-hydrogen) atoms. The van der Waals surface area contributed by atoms with Gasteiger partial charge in [0, 0.05) is 92.3 Å². The molecule has 8 aromatic carbocycles. The van der Waals surface area contributed by atoms with E-state index in [0.717, 1.165) is 22.3 Å². The predicted molar refractivity (Wildman–Crippen MR) is 521 cm³/mol. The van der Waals surface area contributed by atoms with E-state index in [1.165, 1.54) is 264 Å². The normalized spacial score (nSPS) is 20.2. The lowest BCUT2D eigenvalue weighted by atomic mass is 9.55. The van der Waals surface area contributed by atoms with Crippen LogP contribution in [0.1, 0.15) is 300 Å². The minimum atomic E-state index is -6.95. The summed E-state index contributed by atoms with van der Waals surface area (Å²) < 4.78 is 154. The van der Waals surface area contributed by atoms with Gasteiger partial charge in [-0.1, -0.05) is 154 Å². The second-order valence-corrected chi connectivity index (χ2v) is 42.3. The zero-order chi connectivity index (χ0) is 94.5. The van der Waals surface area contributed by atoms with Crippen LogP contribution in [0, 0.1) is 105 Å². The number of halogens is 10. The molecule has 14 heteroatoms. The van der Waals surface area contributed by atoms with E-state index in [2.05, 4.69) is 238 Å². The number of pyridine rings is 4. The Balaban J connectivity index is 0.000000130. The van der Waals surface area contributed by atoms with Crippen molar-refractivity contribution in [3.8, 4) is 45.0 Å². The molecule has 4 heterocycles. The van der Waals surface area contributed by atoms with Crippen LogP contribution in [-0.2, 0) is 28.2 Å². The van der Waals surface area contributed by atoms with Crippen molar-refractivity contribution < 1.29 is 62.2 Å². The standard InChI is InChI=1S/C30H28F10N.C30H38N.C29H36N.C29H38N/c1-16-13-17(2)18(3)21(14-16)24-15-22(20-7-5-6-8-23(20)41(24)4)19-9-11-25(12-10-19)26(31,32)28(35,36)30(39,40)29(37,38)27(25,33)34;1-21-18-22(2)23(3)26(19-21)29-20-27(25-10-6-7-11-28(25)31(29)4)24-12-16-30(17-13-24)14-8-5-9-15-30;1-20-17-21(2)22(3)25(18-20)28-19-26(24-9-5-6-10-27(24)30(28)4)23-11-15-29(16-12-23)13-7-8-14-29;1-7-29(8-2)15-13-23(14-16-29)26-19-28(25-18-20(3)17-21(4)22(25)5)30(6)27-12-10-9-11-24(26)27/h5-8,13-15,19H,9-12H2,1-4H3;6-7,10-11,18-20,24H,5,8-9,12-17H2,1-4H3;5-6,9-10,17-19,23H,7-8,11-16H2,1-4H3;9-12,17-19,23H,7-8,13-16H2,1-6H3/q4*+1. The fourth-order valence-corrected chi connectivity index (χ4v) is 25.9. The van der Waals surface area contributed by atoms with E-state index < -0.39 is 66.6 Å². The summed E-state index contributed by atoms with van der Waals surface area (Å²) in [7, 11) is 8.55. The Morgan fingerprint density at radius 3 is 0.727 bits per heavy atom. The van der Waals surface area contributed by atoms with Gasteiger partial charge >= 0.3 is 29.6 Å². The molecule has 12 aromatic rings. The fourth-order valence-electron chi connectivity index (χ4n) is 25.9. The van der Waals surface area contributed by atoms with Crippen LogP contribution in [0.4, 0.5) is 43.9 Å². The lowest BCUT2D eigenvalue weighted by Crippen LogP contribution is -2.82. The molecule has 7 aliphatic rings. The molecule has 0 radical (unpaired) electrons. The zero-order valence-electron chi connectivity index (χ0n) is 81.6. The summed E-state index contributed by atoms with van der Waals surface area (Å²) in [6.07, 6.45) is 28.3. The predicted octanol–water partition coefficient (Wildman–Crippen LogP) is 32.2. The molecule has 0 saturated heterocycles. The molecular formula is C118H140F10N4+4. The quantitative estimate of drug-likeness (QED) is 0.0958. The van der Waals surface area contributed by atoms with Gasteiger partial charge in [0.15, 0.2) is 0 Å². The van der Waals surface area contributed by atoms with E-state index in [1.54, 1.807) is 47.0 Å². The Bertz CT molecular complexity index is 6140. The zero-order valence-corrected chi connectivity index (χ0v) is 81.6. The monoisotopic (exact) mass is 1800 g/mol. The molecule has 4 nitrogen and oxygen atoms in total. The molecule has 0 atom stereocenters. The summed E-state index contributed by atoms with van der Waals surface area (Å²) in [6.45, 7) is 30.8. The molecule has 0 N–H and O–H groups in total. The number of fused-ring (bicyclic) bond motifs is 4. The fraction of sp³-hybridized carbons (Fsp3) is 0.492. The molecule has 0 unspecified atom stereocenters. The number of hydrogen-bond donors (Lipinski definition) is 0. The first-order chi connectivity index (χ1) is 62.6. The number of nitrogens with zero attached hydrogens (tertiary/aromatic N) is 4. The smallest absolute Gasteiger partial charge is 0.199 e. The summed E-state index contributed by atoms with van der Waals surface area (Å²) in [4.78, 5) is 0. The van der Waals surface area contributed by atoms with Crippen LogP contribution in [0.3, 0.4) is 0 Å². The third-order valence-corrected chi connectivity index (χ3v) is 34.9. The van der Waals surface area contributed by atoms with Crippen LogP contribution in [0.2, 0.25) is 0 Å². The first kappa shape index (κ1) is 95.8. The van der Waals surface area contributed by atoms with Crippen LogP contribution in [0.25, 0.3) is 88.6 Å². The van der Waals surface area contributed by atoms with Crippen LogP contribution in [-0.4, -0.2) is 29.6 Å². The van der Waals surface area contributed by atoms with Crippen LogP contribution < -0.4 is 18.3 Å². The molecule has 0 amide bonds. The minimum Gasteiger partial charge on any atom is -0.199 e. The van der Waals surface area contributed by atoms with Crippen molar-refractivity contribution in [2.24, 2.45) is 49.9 Å². The van der Waals surface area contributed by atoms with Crippen molar-refractivity contribution in [1.29, 1.82) is 0 Å². The van der Waals surface area contributed by atoms with Gasteiger partial charge in [0.2, 0.25) is 44.8 Å². The Morgan fingerprint density at radius 2 is 0.477 bits per heavy atom. The third kappa shape index (κ3) is 16.7. The molecule has 7 fully saturated rings. The van der Waals surface area contributed by atoms with Gasteiger partial charge in [0.25, 0.3) is 0 Å². The Hall–Kier alpha value is -9.30. The van der Waals surface area contributed by atoms with Crippen molar-refractivity contribution in [3.63, 3.8) is 0 Å². The molecule has 3 spiro atoms. The number of alkyl halides is 10. The molecule has 0 aliphatic heterocycles. The van der Waals surface area contributed by atoms with Crippen LogP contribution in [0.15, 0.2) is 170 Å². The Kier molecular flexibility index (Phi) is 26.7. The first-order valence-electron chi connectivity index (χ1n) is 49.5. The Morgan fingerprint density at radius 1 is 0.258 bits per heavy atom. The second-order valence-electron chi connectivity index (χ2n) is 42.3. The first-order valence-corrected chi connectivity index (χ1v) is 49.5. The van der Waals surface area contributed by atoms with Gasteiger partial charge in [-0.3, -0.25) is 0 Å². The summed E-state index contributed by atoms with van der Waals surface area (Å²) in [5.74, 6) is -31.2. The molecular weight excluding hydrogens is 1660 g/mol. The molecule has 19 rings (SSSR count). The highest BCUT2D eigenvalue weighted by atomic mass is 19.4. The van der Waals surface area contributed by atoms with Gasteiger partial charge in [-0.25, -0.2) is 0 Å². The second kappa shape index (κ2) is 36.7. The van der Waals surface area contributed by atoms with Crippen molar-refractivity contribution in [2.75, 3.05) is 0 Å². The van der Waals surface area contributed by atoms with Gasteiger partial charge in [-0.05, 0) is 367 Å². The highest BCUT2D eigenvalue weighted by Crippen LogP contribution is 2.75. The summed E-state index contributed by atoms with van der Waals surface area (Å²) in [6, 6.07) is 61.6. The number of para-hydroxylation sites is 4. The number of aromatic nitrogens is 4. The molecule has 698 valence electrons. The van der Waals surface area contributed by atoms with E-state index in [1.807, 2.05) is 44.5 Å². The minimum absolute atomic E-state index is 0.549. The van der Waals surface area contributed by atoms with Crippen molar-refractivity contribution in [2.45, 2.75) is 324 Å². The topological polar surface area (TPSA) is 15.5 Å². The van der Waals surface area contributed by atoms with E-state index in [4.69, 9.17) is 0 Å². The van der Waals surface area contributed by atoms with E-state index in [9.17, 15) is 26.3 Å². The van der Waals surface area contributed by atoms with Crippen molar-refractivity contribution >= 4 is 43.6 Å². The van der Waals surface area contributed by atoms with Crippen LogP contribution in [0.5, 0.6) is 0 Å². The van der Waals surface area contributed by atoms with Gasteiger partial charge in [0.1, 0.15) is 33.6 Å². The summed E-state index contributed by atoms with van der Waals surface area (Å²) >= 11 is 0. The van der Waals surface area contributed by atoms with Crippen LogP contribution >= 0.6 is 0 Å². The average molecular weight is 1800 g/mol. The maximum Gasteiger partial charge on any atom is 0.384 e. The van der Waals surface area contributed by atoms with Crippen molar-refractivity contribution in [3.05, 3.63) is 259 Å². The number of aryl methyl sites for hydroxylation is 12. The third-order valence-electron chi connectivity index (χ3n) is 34.9. The Labute approximate surface area is 778 Å². The average Bonchev–Trinajstić information content (AvgIpc) is 0.684. The van der Waals surface area contributed by atoms with E-state index >= 15 is 17.6 Å². The van der Waals surface area contributed by atoms with Gasteiger partial charge in [0.05, 0.1) is 0 Å².